The van der Waals surface area contributed by atoms with Crippen LogP contribution in [-0.4, -0.2) is 11.0 Å². The van der Waals surface area contributed by atoms with Crippen LogP contribution in [-0.2, 0) is 9.53 Å². The van der Waals surface area contributed by atoms with Gasteiger partial charge in [-0.25, -0.2) is 4.98 Å². The summed E-state index contributed by atoms with van der Waals surface area (Å²) >= 11 is 11.6. The smallest absolute Gasteiger partial charge is 0.311 e. The highest BCUT2D eigenvalue weighted by Crippen LogP contribution is 2.33. The lowest BCUT2D eigenvalue weighted by Gasteiger charge is -2.25. The maximum Gasteiger partial charge on any atom is 0.311 e. The van der Waals surface area contributed by atoms with Crippen molar-refractivity contribution in [3.8, 4) is 24.0 Å². The number of fused-ring (bicyclic) bond motifs is 1. The molecule has 3 aromatic rings. The number of carbonyl (C=O) groups excluding carboxylic acids is 1. The van der Waals surface area contributed by atoms with Crippen molar-refractivity contribution in [2.75, 3.05) is 0 Å². The molecular weight excluding hydrogens is 457 g/mol. The highest BCUT2D eigenvalue weighted by Gasteiger charge is 2.31. The fourth-order valence-electron chi connectivity index (χ4n) is 3.82. The van der Waals surface area contributed by atoms with E-state index in [1.807, 2.05) is 81.4 Å². The van der Waals surface area contributed by atoms with Gasteiger partial charge < -0.3 is 9.47 Å². The maximum atomic E-state index is 13.2. The number of nitrogens with zero attached hydrogens (tertiary/aromatic N) is 1. The number of hydrogen-bond acceptors (Lipinski definition) is 4. The van der Waals surface area contributed by atoms with Gasteiger partial charge >= 0.3 is 5.97 Å². The Morgan fingerprint density at radius 1 is 1.06 bits per heavy atom. The number of carbonyl (C=O) groups is 1. The zero-order valence-electron chi connectivity index (χ0n) is 18.7. The average Bonchev–Trinajstić information content (AvgIpc) is 2.77. The molecule has 0 fully saturated rings. The van der Waals surface area contributed by atoms with Crippen LogP contribution >= 0.6 is 23.2 Å². The first-order valence-electron chi connectivity index (χ1n) is 10.6. The zero-order chi connectivity index (χ0) is 24.0. The minimum Gasteiger partial charge on any atom is -0.442 e. The van der Waals surface area contributed by atoms with Crippen molar-refractivity contribution < 1.29 is 14.3 Å². The average molecular weight is 482 g/mol. The number of allylic oxidation sites excluding steroid dienone is 1. The molecule has 0 amide bonds. The van der Waals surface area contributed by atoms with Crippen LogP contribution in [0.5, 0.6) is 11.6 Å². The Balaban J connectivity index is 1.97. The molecule has 3 rings (SSSR count). The summed E-state index contributed by atoms with van der Waals surface area (Å²) in [5, 5.41) is 1.65. The first-order valence-corrected chi connectivity index (χ1v) is 11.4. The first-order chi connectivity index (χ1) is 15.8. The third-order valence-electron chi connectivity index (χ3n) is 5.29. The Kier molecular flexibility index (Phi) is 8.38. The van der Waals surface area contributed by atoms with E-state index < -0.39 is 18.0 Å². The van der Waals surface area contributed by atoms with Crippen LogP contribution in [0.15, 0.2) is 71.2 Å². The Labute approximate surface area is 204 Å². The summed E-state index contributed by atoms with van der Waals surface area (Å²) in [4.78, 5) is 17.8. The monoisotopic (exact) mass is 481 g/mol. The Morgan fingerprint density at radius 2 is 1.73 bits per heavy atom. The van der Waals surface area contributed by atoms with E-state index in [1.54, 1.807) is 6.08 Å². The van der Waals surface area contributed by atoms with Crippen LogP contribution in [0, 0.1) is 30.1 Å². The van der Waals surface area contributed by atoms with Crippen LogP contribution in [0.4, 0.5) is 0 Å². The number of ether oxygens (including phenoxy) is 2. The fraction of sp³-hybridized carbons (Fsp3) is 0.259. The molecular formula is C27H25Cl2NO3. The van der Waals surface area contributed by atoms with E-state index in [4.69, 9.17) is 39.1 Å². The molecule has 0 bridgehead atoms. The third-order valence-corrected chi connectivity index (χ3v) is 5.54. The number of benzene rings is 2. The number of aromatic nitrogens is 1. The van der Waals surface area contributed by atoms with Gasteiger partial charge in [0.15, 0.2) is 0 Å². The van der Waals surface area contributed by atoms with Gasteiger partial charge in [-0.05, 0) is 29.4 Å². The van der Waals surface area contributed by atoms with Crippen molar-refractivity contribution in [3.05, 3.63) is 76.9 Å². The van der Waals surface area contributed by atoms with Crippen molar-refractivity contribution in [2.24, 2.45) is 17.8 Å². The highest BCUT2D eigenvalue weighted by atomic mass is 35.5. The van der Waals surface area contributed by atoms with Crippen LogP contribution in [0.2, 0.25) is 0 Å². The summed E-state index contributed by atoms with van der Waals surface area (Å²) in [6.45, 7) is 5.74. The van der Waals surface area contributed by atoms with Crippen molar-refractivity contribution in [1.82, 2.24) is 4.98 Å². The van der Waals surface area contributed by atoms with E-state index in [0.29, 0.717) is 17.3 Å². The molecule has 33 heavy (non-hydrogen) atoms. The second-order valence-corrected chi connectivity index (χ2v) is 9.06. The maximum absolute atomic E-state index is 13.2. The number of pyridine rings is 1. The van der Waals surface area contributed by atoms with Crippen molar-refractivity contribution in [3.63, 3.8) is 0 Å². The fourth-order valence-corrected chi connectivity index (χ4v) is 4.22. The van der Waals surface area contributed by atoms with Gasteiger partial charge in [-0.15, -0.1) is 6.42 Å². The summed E-state index contributed by atoms with van der Waals surface area (Å²) in [5.41, 5.74) is 0.441. The molecule has 4 nitrogen and oxygen atoms in total. The summed E-state index contributed by atoms with van der Waals surface area (Å²) in [6.07, 6.45) is 6.45. The minimum absolute atomic E-state index is 0.0210. The van der Waals surface area contributed by atoms with Gasteiger partial charge in [0, 0.05) is 11.5 Å². The van der Waals surface area contributed by atoms with E-state index in [1.165, 1.54) is 0 Å². The molecule has 0 aliphatic heterocycles. The van der Waals surface area contributed by atoms with Crippen molar-refractivity contribution in [1.29, 1.82) is 0 Å². The number of rotatable bonds is 8. The molecule has 3 unspecified atom stereocenters. The van der Waals surface area contributed by atoms with Crippen LogP contribution in [0.1, 0.15) is 32.6 Å². The predicted octanol–water partition coefficient (Wildman–Crippen LogP) is 7.47. The van der Waals surface area contributed by atoms with Crippen LogP contribution < -0.4 is 4.74 Å². The van der Waals surface area contributed by atoms with E-state index >= 15 is 0 Å². The van der Waals surface area contributed by atoms with Gasteiger partial charge in [0.25, 0.3) is 0 Å². The Hall–Kier alpha value is -3.00. The minimum atomic E-state index is -0.995. The lowest BCUT2D eigenvalue weighted by molar-refractivity contribution is -0.154. The second-order valence-electron chi connectivity index (χ2n) is 8.05. The quantitative estimate of drug-likeness (QED) is 0.247. The molecule has 170 valence electrons. The molecule has 2 aromatic carbocycles. The number of para-hydroxylation sites is 1. The van der Waals surface area contributed by atoms with Crippen molar-refractivity contribution in [2.45, 2.75) is 26.9 Å². The Bertz CT molecular complexity index is 1180. The summed E-state index contributed by atoms with van der Waals surface area (Å²) in [6, 6.07) is 18.8. The van der Waals surface area contributed by atoms with Gasteiger partial charge in [-0.2, -0.15) is 0 Å². The van der Waals surface area contributed by atoms with Gasteiger partial charge in [-0.3, -0.25) is 4.79 Å². The van der Waals surface area contributed by atoms with E-state index in [0.717, 1.165) is 10.8 Å². The number of terminal acetylenes is 1. The summed E-state index contributed by atoms with van der Waals surface area (Å²) in [7, 11) is 0. The second kappa shape index (κ2) is 11.2. The number of esters is 1. The molecule has 0 N–H and O–H groups in total. The first kappa shape index (κ1) is 24.6. The normalized spacial score (nSPS) is 13.6. The number of halogens is 2. The summed E-state index contributed by atoms with van der Waals surface area (Å²) < 4.78 is 11.9. The van der Waals surface area contributed by atoms with Gasteiger partial charge in [0.05, 0.1) is 5.92 Å². The molecule has 1 heterocycles. The molecule has 6 heteroatoms. The Morgan fingerprint density at radius 3 is 2.36 bits per heavy atom. The largest absolute Gasteiger partial charge is 0.442 e. The molecule has 0 saturated carbocycles. The van der Waals surface area contributed by atoms with E-state index in [-0.39, 0.29) is 16.3 Å². The molecule has 0 saturated heterocycles. The molecule has 0 aliphatic rings. The van der Waals surface area contributed by atoms with Gasteiger partial charge in [0.1, 0.15) is 15.9 Å². The third kappa shape index (κ3) is 6.28. The van der Waals surface area contributed by atoms with Crippen LogP contribution in [0.3, 0.4) is 0 Å². The van der Waals surface area contributed by atoms with Gasteiger partial charge in [0.2, 0.25) is 12.0 Å². The topological polar surface area (TPSA) is 48.4 Å². The van der Waals surface area contributed by atoms with Crippen LogP contribution in [0.25, 0.3) is 10.8 Å². The standard InChI is InChI=1S/C27H25Cl2NO3/c1-5-22(33-27(31)25(17(2)3)18(4)15-23(28)29)26-21-14-10-9-11-19(21)16-24(30-26)32-20-12-7-6-8-13-20/h1,6-18,22,25H,2-4H3. The lowest BCUT2D eigenvalue weighted by Crippen LogP contribution is -2.29. The lowest BCUT2D eigenvalue weighted by atomic mass is 9.84. The number of hydrogen-bond donors (Lipinski definition) is 0. The molecule has 3 atom stereocenters. The molecule has 0 aliphatic carbocycles. The molecule has 1 aromatic heterocycles. The predicted molar refractivity (Wildman–Crippen MR) is 133 cm³/mol. The zero-order valence-corrected chi connectivity index (χ0v) is 20.2. The van der Waals surface area contributed by atoms with E-state index in [9.17, 15) is 4.79 Å². The van der Waals surface area contributed by atoms with Gasteiger partial charge in [-0.1, -0.05) is 98.4 Å². The molecule has 0 radical (unpaired) electrons. The summed E-state index contributed by atoms with van der Waals surface area (Å²) in [5.74, 6) is 2.39. The molecule has 0 spiro atoms. The van der Waals surface area contributed by atoms with E-state index in [2.05, 4.69) is 10.9 Å². The SMILES string of the molecule is C#CC(OC(=O)C(C(C)C)C(C)C=C(Cl)Cl)c1nc(Oc2ccccc2)cc2ccccc12. The van der Waals surface area contributed by atoms with Crippen molar-refractivity contribution >= 4 is 39.9 Å². The highest BCUT2D eigenvalue weighted by molar-refractivity contribution is 6.55.